The van der Waals surface area contributed by atoms with Gasteiger partial charge in [0.1, 0.15) is 5.69 Å². The van der Waals surface area contributed by atoms with Gasteiger partial charge in [-0.05, 0) is 36.2 Å². The molecule has 1 aromatic carbocycles. The van der Waals surface area contributed by atoms with E-state index >= 15 is 0 Å². The molecule has 0 saturated carbocycles. The minimum absolute atomic E-state index is 0.0805. The van der Waals surface area contributed by atoms with Crippen LogP contribution in [0.3, 0.4) is 0 Å². The summed E-state index contributed by atoms with van der Waals surface area (Å²) in [6.07, 6.45) is 1.77. The monoisotopic (exact) mass is 279 g/mol. The number of hydrogen-bond acceptors (Lipinski definition) is 2. The maximum absolute atomic E-state index is 12.2. The van der Waals surface area contributed by atoms with Gasteiger partial charge in [-0.25, -0.2) is 0 Å². The molecule has 0 N–H and O–H groups in total. The van der Waals surface area contributed by atoms with E-state index in [0.29, 0.717) is 21.3 Å². The topological polar surface area (TPSA) is 30.0 Å². The molecule has 0 amide bonds. The molecule has 4 heteroatoms. The standard InChI is InChI=1S/C14H11Cl2NO/c1-9-4-3-7-17-14(9)13(18)8-10-11(15)5-2-6-12(10)16/h2-7H,8H2,1H3. The minimum Gasteiger partial charge on any atom is -0.292 e. The molecule has 0 fully saturated rings. The molecule has 92 valence electrons. The van der Waals surface area contributed by atoms with E-state index in [2.05, 4.69) is 4.98 Å². The molecule has 0 bridgehead atoms. The second-order valence-electron chi connectivity index (χ2n) is 3.97. The van der Waals surface area contributed by atoms with Gasteiger partial charge in [-0.15, -0.1) is 0 Å². The van der Waals surface area contributed by atoms with E-state index in [1.807, 2.05) is 13.0 Å². The molecule has 0 aliphatic heterocycles. The van der Waals surface area contributed by atoms with E-state index in [1.54, 1.807) is 30.5 Å². The summed E-state index contributed by atoms with van der Waals surface area (Å²) in [5.41, 5.74) is 1.97. The summed E-state index contributed by atoms with van der Waals surface area (Å²) in [6.45, 7) is 1.86. The van der Waals surface area contributed by atoms with Crippen molar-refractivity contribution >= 4 is 29.0 Å². The summed E-state index contributed by atoms with van der Waals surface area (Å²) in [4.78, 5) is 16.3. The average Bonchev–Trinajstić information content (AvgIpc) is 2.34. The van der Waals surface area contributed by atoms with Gasteiger partial charge in [0.25, 0.3) is 0 Å². The zero-order valence-electron chi connectivity index (χ0n) is 9.78. The van der Waals surface area contributed by atoms with Crippen LogP contribution in [0.2, 0.25) is 10.0 Å². The highest BCUT2D eigenvalue weighted by Crippen LogP contribution is 2.25. The quantitative estimate of drug-likeness (QED) is 0.791. The number of carbonyl (C=O) groups is 1. The van der Waals surface area contributed by atoms with Crippen LogP contribution in [0, 0.1) is 6.92 Å². The number of pyridine rings is 1. The molecular formula is C14H11Cl2NO. The van der Waals surface area contributed by atoms with Gasteiger partial charge in [0, 0.05) is 22.7 Å². The number of aryl methyl sites for hydroxylation is 1. The summed E-state index contributed by atoms with van der Waals surface area (Å²) < 4.78 is 0. The van der Waals surface area contributed by atoms with Crippen molar-refractivity contribution in [3.8, 4) is 0 Å². The molecule has 0 unspecified atom stereocenters. The lowest BCUT2D eigenvalue weighted by Crippen LogP contribution is -2.08. The number of rotatable bonds is 3. The second-order valence-corrected chi connectivity index (χ2v) is 4.78. The van der Waals surface area contributed by atoms with Crippen LogP contribution in [0.5, 0.6) is 0 Å². The predicted octanol–water partition coefficient (Wildman–Crippen LogP) is 4.12. The first kappa shape index (κ1) is 13.1. The summed E-state index contributed by atoms with van der Waals surface area (Å²) in [7, 11) is 0. The molecular weight excluding hydrogens is 269 g/mol. The molecule has 0 spiro atoms. The maximum atomic E-state index is 12.2. The van der Waals surface area contributed by atoms with Gasteiger partial charge in [0.2, 0.25) is 0 Å². The zero-order chi connectivity index (χ0) is 13.1. The molecule has 2 aromatic rings. The number of hydrogen-bond donors (Lipinski definition) is 0. The van der Waals surface area contributed by atoms with Gasteiger partial charge in [-0.1, -0.05) is 35.3 Å². The molecule has 0 atom stereocenters. The summed E-state index contributed by atoms with van der Waals surface area (Å²) in [5, 5.41) is 1.01. The fraction of sp³-hybridized carbons (Fsp3) is 0.143. The maximum Gasteiger partial charge on any atom is 0.185 e. The van der Waals surface area contributed by atoms with E-state index in [1.165, 1.54) is 0 Å². The number of ketones is 1. The van der Waals surface area contributed by atoms with Crippen molar-refractivity contribution in [2.75, 3.05) is 0 Å². The fourth-order valence-electron chi connectivity index (χ4n) is 1.72. The molecule has 0 saturated heterocycles. The van der Waals surface area contributed by atoms with Crippen LogP contribution < -0.4 is 0 Å². The first-order valence-electron chi connectivity index (χ1n) is 5.47. The summed E-state index contributed by atoms with van der Waals surface area (Å²) in [5.74, 6) is -0.0805. The highest BCUT2D eigenvalue weighted by atomic mass is 35.5. The van der Waals surface area contributed by atoms with Crippen LogP contribution in [-0.4, -0.2) is 10.8 Å². The van der Waals surface area contributed by atoms with Crippen molar-refractivity contribution in [2.45, 2.75) is 13.3 Å². The number of nitrogens with zero attached hydrogens (tertiary/aromatic N) is 1. The highest BCUT2D eigenvalue weighted by Gasteiger charge is 2.15. The van der Waals surface area contributed by atoms with Crippen LogP contribution in [0.25, 0.3) is 0 Å². The number of benzene rings is 1. The van der Waals surface area contributed by atoms with Crippen molar-refractivity contribution in [3.05, 3.63) is 63.4 Å². The van der Waals surface area contributed by atoms with Crippen molar-refractivity contribution < 1.29 is 4.79 Å². The third-order valence-corrected chi connectivity index (χ3v) is 3.38. The Labute approximate surface area is 116 Å². The molecule has 0 radical (unpaired) electrons. The molecule has 1 heterocycles. The van der Waals surface area contributed by atoms with E-state index < -0.39 is 0 Å². The normalized spacial score (nSPS) is 10.4. The van der Waals surface area contributed by atoms with Crippen LogP contribution in [0.1, 0.15) is 21.6 Å². The van der Waals surface area contributed by atoms with Gasteiger partial charge in [0.15, 0.2) is 5.78 Å². The van der Waals surface area contributed by atoms with Crippen LogP contribution >= 0.6 is 23.2 Å². The number of aromatic nitrogens is 1. The first-order chi connectivity index (χ1) is 8.59. The third-order valence-electron chi connectivity index (χ3n) is 2.67. The van der Waals surface area contributed by atoms with Crippen LogP contribution in [0.15, 0.2) is 36.5 Å². The van der Waals surface area contributed by atoms with Gasteiger partial charge >= 0.3 is 0 Å². The minimum atomic E-state index is -0.0805. The lowest BCUT2D eigenvalue weighted by Gasteiger charge is -2.07. The van der Waals surface area contributed by atoms with E-state index in [0.717, 1.165) is 5.56 Å². The smallest absolute Gasteiger partial charge is 0.185 e. The Morgan fingerprint density at radius 1 is 1.17 bits per heavy atom. The largest absolute Gasteiger partial charge is 0.292 e. The molecule has 2 nitrogen and oxygen atoms in total. The molecule has 1 aromatic heterocycles. The second kappa shape index (κ2) is 5.51. The Hall–Kier alpha value is -1.38. The summed E-state index contributed by atoms with van der Waals surface area (Å²) in [6, 6.07) is 8.86. The average molecular weight is 280 g/mol. The van der Waals surface area contributed by atoms with Crippen molar-refractivity contribution in [1.29, 1.82) is 0 Å². The Morgan fingerprint density at radius 3 is 2.44 bits per heavy atom. The van der Waals surface area contributed by atoms with Crippen LogP contribution in [0.4, 0.5) is 0 Å². The number of halogens is 2. The van der Waals surface area contributed by atoms with Crippen molar-refractivity contribution in [2.24, 2.45) is 0 Å². The fourth-order valence-corrected chi connectivity index (χ4v) is 2.25. The Kier molecular flexibility index (Phi) is 4.00. The van der Waals surface area contributed by atoms with Gasteiger partial charge < -0.3 is 0 Å². The Bertz CT molecular complexity index is 576. The van der Waals surface area contributed by atoms with Gasteiger partial charge in [0.05, 0.1) is 0 Å². The molecule has 2 rings (SSSR count). The van der Waals surface area contributed by atoms with Gasteiger partial charge in [-0.2, -0.15) is 0 Å². The zero-order valence-corrected chi connectivity index (χ0v) is 11.3. The van der Waals surface area contributed by atoms with Gasteiger partial charge in [-0.3, -0.25) is 9.78 Å². The van der Waals surface area contributed by atoms with Crippen molar-refractivity contribution in [1.82, 2.24) is 4.98 Å². The van der Waals surface area contributed by atoms with E-state index in [4.69, 9.17) is 23.2 Å². The number of carbonyl (C=O) groups excluding carboxylic acids is 1. The molecule has 18 heavy (non-hydrogen) atoms. The first-order valence-corrected chi connectivity index (χ1v) is 6.23. The predicted molar refractivity (Wildman–Crippen MR) is 73.5 cm³/mol. The lowest BCUT2D eigenvalue weighted by molar-refractivity contribution is 0.0987. The van der Waals surface area contributed by atoms with Crippen LogP contribution in [-0.2, 0) is 6.42 Å². The third kappa shape index (κ3) is 2.71. The lowest BCUT2D eigenvalue weighted by atomic mass is 10.0. The van der Waals surface area contributed by atoms with E-state index in [-0.39, 0.29) is 12.2 Å². The SMILES string of the molecule is Cc1cccnc1C(=O)Cc1c(Cl)cccc1Cl. The molecule has 0 aliphatic carbocycles. The summed E-state index contributed by atoms with van der Waals surface area (Å²) >= 11 is 12.1. The van der Waals surface area contributed by atoms with E-state index in [9.17, 15) is 4.79 Å². The highest BCUT2D eigenvalue weighted by molar-refractivity contribution is 6.36. The Morgan fingerprint density at radius 2 is 1.83 bits per heavy atom. The number of Topliss-reactive ketones (excluding diaryl/α,β-unsaturated/α-hetero) is 1. The Balaban J connectivity index is 2.30. The molecule has 0 aliphatic rings. The van der Waals surface area contributed by atoms with Crippen molar-refractivity contribution in [3.63, 3.8) is 0 Å².